The van der Waals surface area contributed by atoms with Gasteiger partial charge in [-0.2, -0.15) is 5.10 Å². The third kappa shape index (κ3) is 6.39. The van der Waals surface area contributed by atoms with Gasteiger partial charge in [0.2, 0.25) is 5.91 Å². The number of amides is 1. The second-order valence-electron chi connectivity index (χ2n) is 6.69. The van der Waals surface area contributed by atoms with Gasteiger partial charge in [0, 0.05) is 38.3 Å². The number of nitrogens with one attached hydrogen (secondary N) is 2. The molecule has 0 aliphatic heterocycles. The molecule has 2 rings (SSSR count). The number of hydrogen-bond donors (Lipinski definition) is 2. The topological polar surface area (TPSA) is 74.5 Å². The van der Waals surface area contributed by atoms with Crippen molar-refractivity contribution in [2.45, 2.75) is 33.2 Å². The molecular weight excluding hydrogens is 360 g/mol. The summed E-state index contributed by atoms with van der Waals surface area (Å²) in [7, 11) is 5.45. The van der Waals surface area contributed by atoms with E-state index in [1.165, 1.54) is 16.1 Å². The second-order valence-corrected chi connectivity index (χ2v) is 7.72. The number of aromatic nitrogens is 2. The maximum atomic E-state index is 11.8. The first-order valence-electron chi connectivity index (χ1n) is 9.12. The number of carbonyl (C=O) groups is 1. The van der Waals surface area contributed by atoms with E-state index < -0.39 is 0 Å². The molecule has 0 atom stereocenters. The number of likely N-dealkylation sites (N-methyl/N-ethyl adjacent to an activating group) is 1. The van der Waals surface area contributed by atoms with E-state index in [4.69, 9.17) is 0 Å². The van der Waals surface area contributed by atoms with Gasteiger partial charge in [0.1, 0.15) is 6.54 Å². The summed E-state index contributed by atoms with van der Waals surface area (Å²) in [6, 6.07) is 4.11. The van der Waals surface area contributed by atoms with E-state index in [2.05, 4.69) is 46.0 Å². The van der Waals surface area contributed by atoms with Gasteiger partial charge in [-0.1, -0.05) is 6.07 Å². The zero-order chi connectivity index (χ0) is 19.8. The van der Waals surface area contributed by atoms with Gasteiger partial charge in [0.25, 0.3) is 0 Å². The fourth-order valence-corrected chi connectivity index (χ4v) is 3.34. The molecule has 0 aliphatic carbocycles. The summed E-state index contributed by atoms with van der Waals surface area (Å²) < 4.78 is 1.93. The lowest BCUT2D eigenvalue weighted by molar-refractivity contribution is -0.127. The van der Waals surface area contributed by atoms with Gasteiger partial charge < -0.3 is 15.5 Å². The Morgan fingerprint density at radius 1 is 1.33 bits per heavy atom. The van der Waals surface area contributed by atoms with Crippen molar-refractivity contribution in [3.63, 3.8) is 0 Å². The molecule has 1 amide bonds. The largest absolute Gasteiger partial charge is 0.356 e. The number of thiophene rings is 1. The minimum Gasteiger partial charge on any atom is -0.356 e. The normalized spacial score (nSPS) is 11.5. The first-order chi connectivity index (χ1) is 12.9. The molecule has 0 saturated heterocycles. The third-order valence-corrected chi connectivity index (χ3v) is 5.31. The van der Waals surface area contributed by atoms with Crippen molar-refractivity contribution in [1.82, 2.24) is 25.3 Å². The van der Waals surface area contributed by atoms with E-state index >= 15 is 0 Å². The molecule has 0 aliphatic rings. The standard InChI is InChI=1S/C19H30N6OS/c1-14-17(15(2)25(5)23-14)9-6-10-20-19(22-13-18(26)24(3)4)21-12-16-8-7-11-27-16/h7-8,11H,6,9-10,12-13H2,1-5H3,(H2,20,21,22). The fourth-order valence-electron chi connectivity index (χ4n) is 2.70. The number of carbonyl (C=O) groups excluding carboxylic acids is 1. The molecule has 0 unspecified atom stereocenters. The summed E-state index contributed by atoms with van der Waals surface area (Å²) in [6.45, 7) is 5.76. The zero-order valence-electron chi connectivity index (χ0n) is 16.9. The quantitative estimate of drug-likeness (QED) is 0.410. The van der Waals surface area contributed by atoms with Crippen LogP contribution in [0.5, 0.6) is 0 Å². The van der Waals surface area contributed by atoms with Crippen LogP contribution in [0.25, 0.3) is 0 Å². The van der Waals surface area contributed by atoms with Gasteiger partial charge in [-0.25, -0.2) is 4.99 Å². The first kappa shape index (κ1) is 21.0. The average Bonchev–Trinajstić information content (AvgIpc) is 3.22. The SMILES string of the molecule is Cc1nn(C)c(C)c1CCCNC(=NCC(=O)N(C)C)NCc1cccs1. The lowest BCUT2D eigenvalue weighted by Gasteiger charge is -2.13. The van der Waals surface area contributed by atoms with E-state index in [1.54, 1.807) is 30.3 Å². The minimum atomic E-state index is -0.0196. The van der Waals surface area contributed by atoms with Gasteiger partial charge in [-0.05, 0) is 43.7 Å². The predicted molar refractivity (Wildman–Crippen MR) is 111 cm³/mol. The van der Waals surface area contributed by atoms with Crippen LogP contribution in [-0.4, -0.2) is 53.7 Å². The number of nitrogens with zero attached hydrogens (tertiary/aromatic N) is 4. The van der Waals surface area contributed by atoms with Crippen molar-refractivity contribution in [1.29, 1.82) is 0 Å². The molecule has 7 nitrogen and oxygen atoms in total. The Labute approximate surface area is 165 Å². The van der Waals surface area contributed by atoms with Crippen LogP contribution in [0.2, 0.25) is 0 Å². The number of rotatable bonds is 8. The fraction of sp³-hybridized carbons (Fsp3) is 0.526. The van der Waals surface area contributed by atoms with Gasteiger partial charge in [-0.3, -0.25) is 9.48 Å². The molecule has 8 heteroatoms. The summed E-state index contributed by atoms with van der Waals surface area (Å²) in [5.74, 6) is 0.645. The Hall–Kier alpha value is -2.35. The van der Waals surface area contributed by atoms with Crippen LogP contribution in [0.4, 0.5) is 0 Å². The van der Waals surface area contributed by atoms with Gasteiger partial charge >= 0.3 is 0 Å². The van der Waals surface area contributed by atoms with Gasteiger partial charge in [0.15, 0.2) is 5.96 Å². The Kier molecular flexibility index (Phi) is 7.84. The van der Waals surface area contributed by atoms with Crippen LogP contribution in [0.3, 0.4) is 0 Å². The maximum absolute atomic E-state index is 11.8. The summed E-state index contributed by atoms with van der Waals surface area (Å²) in [4.78, 5) is 19.0. The lowest BCUT2D eigenvalue weighted by atomic mass is 10.1. The van der Waals surface area contributed by atoms with Crippen molar-refractivity contribution in [3.8, 4) is 0 Å². The Bertz CT molecular complexity index is 764. The average molecular weight is 391 g/mol. The third-order valence-electron chi connectivity index (χ3n) is 4.44. The molecule has 0 bridgehead atoms. The summed E-state index contributed by atoms with van der Waals surface area (Å²) in [5, 5.41) is 13.2. The summed E-state index contributed by atoms with van der Waals surface area (Å²) in [6.07, 6.45) is 1.93. The minimum absolute atomic E-state index is 0.0196. The van der Waals surface area contributed by atoms with Crippen LogP contribution in [-0.2, 0) is 24.8 Å². The van der Waals surface area contributed by atoms with Crippen LogP contribution in [0.1, 0.15) is 28.2 Å². The van der Waals surface area contributed by atoms with Crippen LogP contribution in [0, 0.1) is 13.8 Å². The molecule has 2 N–H and O–H groups in total. The van der Waals surface area contributed by atoms with Crippen LogP contribution < -0.4 is 10.6 Å². The smallest absolute Gasteiger partial charge is 0.243 e. The molecule has 0 radical (unpaired) electrons. The highest BCUT2D eigenvalue weighted by Crippen LogP contribution is 2.13. The molecule has 0 saturated carbocycles. The van der Waals surface area contributed by atoms with E-state index in [0.29, 0.717) is 12.5 Å². The molecule has 2 aromatic rings. The molecule has 0 spiro atoms. The molecule has 27 heavy (non-hydrogen) atoms. The highest BCUT2D eigenvalue weighted by Gasteiger charge is 2.09. The van der Waals surface area contributed by atoms with E-state index in [1.807, 2.05) is 17.8 Å². The number of aliphatic imine (C=N–C) groups is 1. The monoisotopic (exact) mass is 390 g/mol. The van der Waals surface area contributed by atoms with Crippen molar-refractivity contribution in [2.75, 3.05) is 27.2 Å². The molecule has 0 aromatic carbocycles. The number of guanidine groups is 1. The molecular formula is C19H30N6OS. The Morgan fingerprint density at radius 3 is 2.70 bits per heavy atom. The zero-order valence-corrected chi connectivity index (χ0v) is 17.7. The summed E-state index contributed by atoms with van der Waals surface area (Å²) >= 11 is 1.70. The van der Waals surface area contributed by atoms with E-state index in [9.17, 15) is 4.79 Å². The van der Waals surface area contributed by atoms with Crippen LogP contribution in [0.15, 0.2) is 22.5 Å². The van der Waals surface area contributed by atoms with Gasteiger partial charge in [-0.15, -0.1) is 11.3 Å². The van der Waals surface area contributed by atoms with Crippen molar-refractivity contribution >= 4 is 23.2 Å². The Balaban J connectivity index is 1.88. The van der Waals surface area contributed by atoms with Crippen molar-refractivity contribution in [3.05, 3.63) is 39.3 Å². The maximum Gasteiger partial charge on any atom is 0.243 e. The second kappa shape index (κ2) is 10.1. The van der Waals surface area contributed by atoms with E-state index in [-0.39, 0.29) is 12.5 Å². The van der Waals surface area contributed by atoms with Crippen molar-refractivity contribution in [2.24, 2.45) is 12.0 Å². The number of hydrogen-bond acceptors (Lipinski definition) is 4. The highest BCUT2D eigenvalue weighted by molar-refractivity contribution is 7.09. The summed E-state index contributed by atoms with van der Waals surface area (Å²) in [5.41, 5.74) is 3.62. The van der Waals surface area contributed by atoms with E-state index in [0.717, 1.165) is 25.1 Å². The Morgan fingerprint density at radius 2 is 2.11 bits per heavy atom. The number of aryl methyl sites for hydroxylation is 2. The first-order valence-corrected chi connectivity index (χ1v) is 10.00. The predicted octanol–water partition coefficient (Wildman–Crippen LogP) is 1.85. The molecule has 2 aromatic heterocycles. The lowest BCUT2D eigenvalue weighted by Crippen LogP contribution is -2.38. The van der Waals surface area contributed by atoms with Crippen molar-refractivity contribution < 1.29 is 4.79 Å². The van der Waals surface area contributed by atoms with Crippen LogP contribution >= 0.6 is 11.3 Å². The van der Waals surface area contributed by atoms with Gasteiger partial charge in [0.05, 0.1) is 12.2 Å². The highest BCUT2D eigenvalue weighted by atomic mass is 32.1. The molecule has 148 valence electrons. The molecule has 0 fully saturated rings. The molecule has 2 heterocycles.